The smallest absolute Gasteiger partial charge is 0.196 e. The van der Waals surface area contributed by atoms with Gasteiger partial charge in [-0.1, -0.05) is 54.6 Å². The van der Waals surface area contributed by atoms with Crippen molar-refractivity contribution in [1.82, 2.24) is 0 Å². The van der Waals surface area contributed by atoms with Crippen molar-refractivity contribution >= 4 is 17.3 Å². The van der Waals surface area contributed by atoms with E-state index in [1.807, 2.05) is 0 Å². The summed E-state index contributed by atoms with van der Waals surface area (Å²) in [6.07, 6.45) is 6.89. The molecule has 0 heterocycles. The highest BCUT2D eigenvalue weighted by atomic mass is 16.1. The van der Waals surface area contributed by atoms with Gasteiger partial charge in [-0.2, -0.15) is 5.26 Å². The molecule has 2 unspecified atom stereocenters. The van der Waals surface area contributed by atoms with Gasteiger partial charge in [0.25, 0.3) is 0 Å². The molecule has 0 saturated heterocycles. The Kier molecular flexibility index (Phi) is 3.57. The molecule has 26 heavy (non-hydrogen) atoms. The van der Waals surface area contributed by atoms with Crippen LogP contribution in [0.15, 0.2) is 66.8 Å². The van der Waals surface area contributed by atoms with Gasteiger partial charge in [0.2, 0.25) is 0 Å². The van der Waals surface area contributed by atoms with Crippen molar-refractivity contribution in [2.24, 2.45) is 11.7 Å². The number of fused-ring (bicyclic) bond motifs is 2. The summed E-state index contributed by atoms with van der Waals surface area (Å²) in [5.74, 6) is -1.03. The molecule has 126 valence electrons. The van der Waals surface area contributed by atoms with Crippen molar-refractivity contribution in [1.29, 1.82) is 5.26 Å². The summed E-state index contributed by atoms with van der Waals surface area (Å²) in [4.78, 5) is 25.9. The molecule has 0 aliphatic heterocycles. The van der Waals surface area contributed by atoms with Crippen molar-refractivity contribution in [3.63, 3.8) is 0 Å². The van der Waals surface area contributed by atoms with Crippen LogP contribution in [0, 0.1) is 17.2 Å². The predicted molar refractivity (Wildman–Crippen MR) is 97.7 cm³/mol. The van der Waals surface area contributed by atoms with E-state index in [2.05, 4.69) is 11.4 Å². The van der Waals surface area contributed by atoms with E-state index >= 15 is 0 Å². The van der Waals surface area contributed by atoms with Crippen molar-refractivity contribution in [3.8, 4) is 6.07 Å². The van der Waals surface area contributed by atoms with E-state index in [1.54, 1.807) is 66.8 Å². The van der Waals surface area contributed by atoms with Crippen LogP contribution in [0.5, 0.6) is 0 Å². The molecule has 0 saturated carbocycles. The minimum atomic E-state index is -1.17. The first kappa shape index (κ1) is 16.0. The van der Waals surface area contributed by atoms with E-state index < -0.39 is 11.6 Å². The van der Waals surface area contributed by atoms with Gasteiger partial charge < -0.3 is 11.1 Å². The van der Waals surface area contributed by atoms with Crippen LogP contribution in [-0.2, 0) is 0 Å². The van der Waals surface area contributed by atoms with E-state index in [4.69, 9.17) is 5.73 Å². The summed E-state index contributed by atoms with van der Waals surface area (Å²) >= 11 is 0. The van der Waals surface area contributed by atoms with Gasteiger partial charge in [-0.25, -0.2) is 0 Å². The van der Waals surface area contributed by atoms with E-state index in [-0.39, 0.29) is 11.6 Å². The third-order valence-corrected chi connectivity index (χ3v) is 4.74. The van der Waals surface area contributed by atoms with Crippen LogP contribution in [-0.4, -0.2) is 17.2 Å². The van der Waals surface area contributed by atoms with Gasteiger partial charge in [0.1, 0.15) is 11.6 Å². The highest BCUT2D eigenvalue weighted by Gasteiger charge is 2.36. The molecule has 2 aromatic rings. The minimum Gasteiger partial charge on any atom is -0.362 e. The third kappa shape index (κ3) is 2.28. The molecule has 4 rings (SSSR count). The second-order valence-corrected chi connectivity index (χ2v) is 6.34. The summed E-state index contributed by atoms with van der Waals surface area (Å²) in [6.45, 7) is 0. The molecule has 3 N–H and O–H groups in total. The van der Waals surface area contributed by atoms with Crippen LogP contribution in [0.3, 0.4) is 0 Å². The van der Waals surface area contributed by atoms with Crippen LogP contribution in [0.25, 0.3) is 0 Å². The molecule has 0 fully saturated rings. The topological polar surface area (TPSA) is 96.0 Å². The Morgan fingerprint density at radius 2 is 1.65 bits per heavy atom. The fourth-order valence-electron chi connectivity index (χ4n) is 3.40. The quantitative estimate of drug-likeness (QED) is 0.699. The Labute approximate surface area is 150 Å². The van der Waals surface area contributed by atoms with Crippen LogP contribution < -0.4 is 11.1 Å². The van der Waals surface area contributed by atoms with Crippen LogP contribution in [0.4, 0.5) is 5.69 Å². The van der Waals surface area contributed by atoms with E-state index in [0.717, 1.165) is 0 Å². The van der Waals surface area contributed by atoms with Gasteiger partial charge in [-0.3, -0.25) is 9.59 Å². The number of nitrogens with two attached hydrogens (primary N) is 1. The fourth-order valence-corrected chi connectivity index (χ4v) is 3.40. The monoisotopic (exact) mass is 341 g/mol. The van der Waals surface area contributed by atoms with Gasteiger partial charge in [-0.05, 0) is 12.1 Å². The van der Waals surface area contributed by atoms with Crippen molar-refractivity contribution in [3.05, 3.63) is 89.0 Å². The molecule has 0 bridgehead atoms. The molecular weight excluding hydrogens is 326 g/mol. The largest absolute Gasteiger partial charge is 0.362 e. The molecular formula is C21H15N3O2. The van der Waals surface area contributed by atoms with Gasteiger partial charge >= 0.3 is 0 Å². The van der Waals surface area contributed by atoms with E-state index in [0.29, 0.717) is 27.9 Å². The maximum absolute atomic E-state index is 13.0. The molecule has 2 atom stereocenters. The number of allylic oxidation sites excluding steroid dienone is 2. The molecule has 2 aromatic carbocycles. The Hall–Kier alpha value is -3.49. The molecule has 2 aliphatic carbocycles. The Morgan fingerprint density at radius 3 is 2.38 bits per heavy atom. The van der Waals surface area contributed by atoms with E-state index in [1.165, 1.54) is 0 Å². The number of anilines is 1. The minimum absolute atomic E-state index is 0.194. The molecule has 5 nitrogen and oxygen atoms in total. The number of carbonyl (C=O) groups is 2. The normalized spacial score (nSPS) is 23.2. The SMILES string of the molecule is N#CC1C=CC=CC1(N)Nc1cccc2c1C(=O)c1ccccc1C2=O. The fraction of sp³-hybridized carbons (Fsp3) is 0.0952. The lowest BCUT2D eigenvalue weighted by molar-refractivity contribution is 0.0979. The summed E-state index contributed by atoms with van der Waals surface area (Å²) in [5.41, 5.74) is 7.07. The molecule has 5 heteroatoms. The summed E-state index contributed by atoms with van der Waals surface area (Å²) in [5, 5.41) is 12.5. The maximum atomic E-state index is 13.0. The zero-order valence-electron chi connectivity index (χ0n) is 13.8. The van der Waals surface area contributed by atoms with Gasteiger partial charge in [0, 0.05) is 22.4 Å². The Morgan fingerprint density at radius 1 is 0.962 bits per heavy atom. The number of hydrogen-bond acceptors (Lipinski definition) is 5. The zero-order valence-corrected chi connectivity index (χ0v) is 13.8. The number of carbonyl (C=O) groups excluding carboxylic acids is 2. The predicted octanol–water partition coefficient (Wildman–Crippen LogP) is 2.79. The first-order valence-electron chi connectivity index (χ1n) is 8.19. The van der Waals surface area contributed by atoms with Crippen molar-refractivity contribution in [2.75, 3.05) is 5.32 Å². The van der Waals surface area contributed by atoms with Crippen LogP contribution in [0.1, 0.15) is 31.8 Å². The summed E-state index contributed by atoms with van der Waals surface area (Å²) in [7, 11) is 0. The number of nitrogens with one attached hydrogen (secondary N) is 1. The lowest BCUT2D eigenvalue weighted by Crippen LogP contribution is -2.52. The molecule has 2 aliphatic rings. The van der Waals surface area contributed by atoms with Gasteiger partial charge in [-0.15, -0.1) is 0 Å². The number of ketones is 2. The lowest BCUT2D eigenvalue weighted by atomic mass is 9.82. The number of benzene rings is 2. The Balaban J connectivity index is 1.83. The third-order valence-electron chi connectivity index (χ3n) is 4.74. The summed E-state index contributed by atoms with van der Waals surface area (Å²) < 4.78 is 0. The average molecular weight is 341 g/mol. The van der Waals surface area contributed by atoms with Crippen molar-refractivity contribution in [2.45, 2.75) is 5.66 Å². The van der Waals surface area contributed by atoms with Crippen molar-refractivity contribution < 1.29 is 9.59 Å². The van der Waals surface area contributed by atoms with Gasteiger partial charge in [0.15, 0.2) is 11.6 Å². The van der Waals surface area contributed by atoms with E-state index in [9.17, 15) is 14.9 Å². The number of hydrogen-bond donors (Lipinski definition) is 2. The first-order chi connectivity index (χ1) is 12.5. The first-order valence-corrected chi connectivity index (χ1v) is 8.19. The number of rotatable bonds is 2. The highest BCUT2D eigenvalue weighted by Crippen LogP contribution is 2.34. The Bertz CT molecular complexity index is 1050. The second-order valence-electron chi connectivity index (χ2n) is 6.34. The zero-order chi connectivity index (χ0) is 18.3. The molecule has 0 aromatic heterocycles. The van der Waals surface area contributed by atoms with Crippen LogP contribution in [0.2, 0.25) is 0 Å². The van der Waals surface area contributed by atoms with Crippen LogP contribution >= 0.6 is 0 Å². The number of nitriles is 1. The second kappa shape index (κ2) is 5.80. The lowest BCUT2D eigenvalue weighted by Gasteiger charge is -2.34. The average Bonchev–Trinajstić information content (AvgIpc) is 2.66. The molecule has 0 radical (unpaired) electrons. The van der Waals surface area contributed by atoms with Gasteiger partial charge in [0.05, 0.1) is 11.6 Å². The highest BCUT2D eigenvalue weighted by molar-refractivity contribution is 6.30. The molecule has 0 spiro atoms. The molecule has 0 amide bonds. The maximum Gasteiger partial charge on any atom is 0.196 e. The summed E-state index contributed by atoms with van der Waals surface area (Å²) in [6, 6.07) is 14.0. The standard InChI is InChI=1S/C21H15N3O2/c22-12-13-6-3-4-11-21(13,23)24-17-10-5-9-16-18(17)20(26)15-8-2-1-7-14(15)19(16)25/h1-11,13,24H,23H2. The number of nitrogens with zero attached hydrogens (tertiary/aromatic N) is 1.